The molecule has 1 aliphatic rings. The molecule has 2 aromatic rings. The molecule has 0 spiro atoms. The minimum Gasteiger partial charge on any atom is -0.373 e. The number of hydrogen-bond acceptors (Lipinski definition) is 6. The number of carbonyl (C=O) groups excluding carboxylic acids is 1. The average molecular weight is 392 g/mol. The Morgan fingerprint density at radius 2 is 2.04 bits per heavy atom. The fourth-order valence-electron chi connectivity index (χ4n) is 3.04. The van der Waals surface area contributed by atoms with E-state index in [2.05, 4.69) is 41.2 Å². The SMILES string of the molecule is CC1CN(Cc2csc(NC(=O)CCSc3ccccc3)n2)CC(C)O1. The topological polar surface area (TPSA) is 54.5 Å². The molecule has 0 aliphatic carbocycles. The van der Waals surface area contributed by atoms with Gasteiger partial charge in [0.25, 0.3) is 0 Å². The Kier molecular flexibility index (Phi) is 7.07. The predicted molar refractivity (Wildman–Crippen MR) is 108 cm³/mol. The molecule has 140 valence electrons. The molecule has 26 heavy (non-hydrogen) atoms. The smallest absolute Gasteiger partial charge is 0.226 e. The molecule has 2 atom stereocenters. The van der Waals surface area contributed by atoms with Gasteiger partial charge in [0.2, 0.25) is 5.91 Å². The molecule has 3 rings (SSSR count). The number of hydrogen-bond donors (Lipinski definition) is 1. The maximum atomic E-state index is 12.1. The lowest BCUT2D eigenvalue weighted by Gasteiger charge is -2.34. The van der Waals surface area contributed by atoms with Crippen LogP contribution in [-0.2, 0) is 16.1 Å². The van der Waals surface area contributed by atoms with Gasteiger partial charge in [0, 0.05) is 42.1 Å². The standard InChI is InChI=1S/C19H25N3O2S2/c1-14-10-22(11-15(2)24-14)12-16-13-26-19(20-16)21-18(23)8-9-25-17-6-4-3-5-7-17/h3-7,13-15H,8-12H2,1-2H3,(H,20,21,23). The number of nitrogens with one attached hydrogen (secondary N) is 1. The number of ether oxygens (including phenoxy) is 1. The van der Waals surface area contributed by atoms with Crippen LogP contribution in [0.4, 0.5) is 5.13 Å². The number of thiazole rings is 1. The predicted octanol–water partition coefficient (Wildman–Crippen LogP) is 3.87. The van der Waals surface area contributed by atoms with Gasteiger partial charge in [-0.05, 0) is 26.0 Å². The molecule has 1 amide bonds. The van der Waals surface area contributed by atoms with Crippen molar-refractivity contribution < 1.29 is 9.53 Å². The number of aromatic nitrogens is 1. The van der Waals surface area contributed by atoms with E-state index in [9.17, 15) is 4.79 Å². The number of carbonyl (C=O) groups is 1. The van der Waals surface area contributed by atoms with E-state index in [-0.39, 0.29) is 18.1 Å². The Morgan fingerprint density at radius 1 is 1.31 bits per heavy atom. The first-order chi connectivity index (χ1) is 12.6. The number of anilines is 1. The third-order valence-corrected chi connectivity index (χ3v) is 5.84. The Hall–Kier alpha value is -1.41. The van der Waals surface area contributed by atoms with Crippen molar-refractivity contribution in [1.29, 1.82) is 0 Å². The molecule has 1 aliphatic heterocycles. The van der Waals surface area contributed by atoms with Gasteiger partial charge in [0.05, 0.1) is 17.9 Å². The Labute approximate surface area is 163 Å². The number of rotatable bonds is 7. The number of amides is 1. The Bertz CT molecular complexity index is 698. The second-order valence-electron chi connectivity index (χ2n) is 6.56. The molecule has 2 unspecified atom stereocenters. The number of benzene rings is 1. The summed E-state index contributed by atoms with van der Waals surface area (Å²) in [7, 11) is 0. The molecule has 1 saturated heterocycles. The van der Waals surface area contributed by atoms with Crippen LogP contribution in [0.1, 0.15) is 26.0 Å². The zero-order valence-electron chi connectivity index (χ0n) is 15.2. The zero-order valence-corrected chi connectivity index (χ0v) is 16.8. The highest BCUT2D eigenvalue weighted by atomic mass is 32.2. The van der Waals surface area contributed by atoms with Gasteiger partial charge < -0.3 is 10.1 Å². The van der Waals surface area contributed by atoms with Crippen LogP contribution in [0.25, 0.3) is 0 Å². The summed E-state index contributed by atoms with van der Waals surface area (Å²) in [6, 6.07) is 10.1. The molecule has 0 saturated carbocycles. The van der Waals surface area contributed by atoms with Crippen LogP contribution in [-0.4, -0.2) is 46.8 Å². The summed E-state index contributed by atoms with van der Waals surface area (Å²) < 4.78 is 5.76. The number of nitrogens with zero attached hydrogens (tertiary/aromatic N) is 2. The van der Waals surface area contributed by atoms with E-state index in [1.54, 1.807) is 11.8 Å². The van der Waals surface area contributed by atoms with Crippen molar-refractivity contribution in [2.24, 2.45) is 0 Å². The Morgan fingerprint density at radius 3 is 2.77 bits per heavy atom. The van der Waals surface area contributed by atoms with Crippen LogP contribution in [0, 0.1) is 0 Å². The van der Waals surface area contributed by atoms with E-state index in [0.29, 0.717) is 11.6 Å². The molecular weight excluding hydrogens is 366 g/mol. The van der Waals surface area contributed by atoms with Gasteiger partial charge in [-0.2, -0.15) is 0 Å². The van der Waals surface area contributed by atoms with E-state index in [0.717, 1.165) is 31.1 Å². The molecule has 5 nitrogen and oxygen atoms in total. The maximum absolute atomic E-state index is 12.1. The van der Waals surface area contributed by atoms with Crippen molar-refractivity contribution in [3.05, 3.63) is 41.4 Å². The van der Waals surface area contributed by atoms with Gasteiger partial charge in [-0.1, -0.05) is 18.2 Å². The molecule has 1 N–H and O–H groups in total. The molecule has 1 aromatic heterocycles. The third kappa shape index (κ3) is 6.09. The van der Waals surface area contributed by atoms with Gasteiger partial charge >= 0.3 is 0 Å². The lowest BCUT2D eigenvalue weighted by atomic mass is 10.2. The van der Waals surface area contributed by atoms with E-state index in [1.807, 2.05) is 23.6 Å². The molecule has 1 fully saturated rings. The van der Waals surface area contributed by atoms with Crippen LogP contribution in [0.5, 0.6) is 0 Å². The number of morpholine rings is 1. The fourth-order valence-corrected chi connectivity index (χ4v) is 4.63. The lowest BCUT2D eigenvalue weighted by molar-refractivity contribution is -0.115. The van der Waals surface area contributed by atoms with Gasteiger partial charge in [0.1, 0.15) is 0 Å². The largest absolute Gasteiger partial charge is 0.373 e. The minimum absolute atomic E-state index is 0.0166. The van der Waals surface area contributed by atoms with Crippen molar-refractivity contribution in [2.75, 3.05) is 24.2 Å². The fraction of sp³-hybridized carbons (Fsp3) is 0.474. The van der Waals surface area contributed by atoms with Crippen molar-refractivity contribution in [2.45, 2.75) is 43.9 Å². The van der Waals surface area contributed by atoms with E-state index in [4.69, 9.17) is 4.74 Å². The summed E-state index contributed by atoms with van der Waals surface area (Å²) in [5.74, 6) is 0.778. The summed E-state index contributed by atoms with van der Waals surface area (Å²) in [4.78, 5) is 20.2. The molecule has 0 bridgehead atoms. The summed E-state index contributed by atoms with van der Waals surface area (Å²) >= 11 is 3.18. The zero-order chi connectivity index (χ0) is 18.4. The summed E-state index contributed by atoms with van der Waals surface area (Å²) in [6.45, 7) is 6.83. The highest BCUT2D eigenvalue weighted by Crippen LogP contribution is 2.21. The monoisotopic (exact) mass is 391 g/mol. The van der Waals surface area contributed by atoms with E-state index in [1.165, 1.54) is 16.2 Å². The first-order valence-corrected chi connectivity index (χ1v) is 10.7. The second-order valence-corrected chi connectivity index (χ2v) is 8.58. The van der Waals surface area contributed by atoms with Crippen LogP contribution >= 0.6 is 23.1 Å². The minimum atomic E-state index is 0.0166. The normalized spacial score (nSPS) is 20.8. The summed E-state index contributed by atoms with van der Waals surface area (Å²) in [6.07, 6.45) is 0.977. The molecule has 1 aromatic carbocycles. The summed E-state index contributed by atoms with van der Waals surface area (Å²) in [5.41, 5.74) is 1.00. The van der Waals surface area contributed by atoms with Crippen molar-refractivity contribution in [3.8, 4) is 0 Å². The summed E-state index contributed by atoms with van der Waals surface area (Å²) in [5, 5.41) is 5.63. The lowest BCUT2D eigenvalue weighted by Crippen LogP contribution is -2.44. The average Bonchev–Trinajstić information content (AvgIpc) is 3.01. The Balaban J connectivity index is 1.42. The molecule has 2 heterocycles. The van der Waals surface area contributed by atoms with E-state index >= 15 is 0 Å². The van der Waals surface area contributed by atoms with Gasteiger partial charge in [-0.15, -0.1) is 23.1 Å². The van der Waals surface area contributed by atoms with E-state index < -0.39 is 0 Å². The van der Waals surface area contributed by atoms with Gasteiger partial charge in [0.15, 0.2) is 5.13 Å². The molecular formula is C19H25N3O2S2. The van der Waals surface area contributed by atoms with Crippen LogP contribution < -0.4 is 5.32 Å². The number of thioether (sulfide) groups is 1. The maximum Gasteiger partial charge on any atom is 0.226 e. The van der Waals surface area contributed by atoms with Crippen LogP contribution in [0.3, 0.4) is 0 Å². The second kappa shape index (κ2) is 9.50. The third-order valence-electron chi connectivity index (χ3n) is 4.02. The van der Waals surface area contributed by atoms with Crippen molar-refractivity contribution in [1.82, 2.24) is 9.88 Å². The quantitative estimate of drug-likeness (QED) is 0.726. The molecule has 7 heteroatoms. The van der Waals surface area contributed by atoms with Gasteiger partial charge in [-0.3, -0.25) is 9.69 Å². The highest BCUT2D eigenvalue weighted by molar-refractivity contribution is 7.99. The first kappa shape index (κ1) is 19.4. The van der Waals surface area contributed by atoms with Crippen molar-refractivity contribution in [3.63, 3.8) is 0 Å². The van der Waals surface area contributed by atoms with Crippen LogP contribution in [0.15, 0.2) is 40.6 Å². The first-order valence-electron chi connectivity index (χ1n) is 8.88. The van der Waals surface area contributed by atoms with Crippen LogP contribution in [0.2, 0.25) is 0 Å². The highest BCUT2D eigenvalue weighted by Gasteiger charge is 2.22. The van der Waals surface area contributed by atoms with Gasteiger partial charge in [-0.25, -0.2) is 4.98 Å². The molecule has 0 radical (unpaired) electrons. The van der Waals surface area contributed by atoms with Crippen molar-refractivity contribution >= 4 is 34.1 Å².